The number of aliphatic hydroxyl groups excluding tert-OH is 1. The molecular formula is C18H36N6O7. The summed E-state index contributed by atoms with van der Waals surface area (Å²) in [6.07, 6.45) is 5.82. The summed E-state index contributed by atoms with van der Waals surface area (Å²) in [6, 6.07) is -2.42. The monoisotopic (exact) mass is 448 g/mol. The smallest absolute Gasteiger partial charge is 0.320 e. The lowest BCUT2D eigenvalue weighted by molar-refractivity contribution is -0.139. The third-order valence-corrected chi connectivity index (χ3v) is 3.89. The van der Waals surface area contributed by atoms with Crippen LogP contribution in [0.1, 0.15) is 44.7 Å². The van der Waals surface area contributed by atoms with E-state index < -0.39 is 42.1 Å². The van der Waals surface area contributed by atoms with E-state index in [-0.39, 0.29) is 19.4 Å². The number of aromatic nitrogens is 2. The number of carbonyl (C=O) groups is 3. The number of aliphatic carboxylic acids is 3. The molecule has 0 aliphatic carbocycles. The molecule has 180 valence electrons. The van der Waals surface area contributed by atoms with E-state index in [1.807, 2.05) is 6.92 Å². The maximum Gasteiger partial charge on any atom is 0.320 e. The molecular weight excluding hydrogens is 412 g/mol. The van der Waals surface area contributed by atoms with Crippen LogP contribution in [0, 0.1) is 0 Å². The molecule has 1 heterocycles. The minimum absolute atomic E-state index is 0.145. The minimum atomic E-state index is -1.05. The zero-order valence-corrected chi connectivity index (χ0v) is 17.7. The molecule has 0 aliphatic rings. The fourth-order valence-electron chi connectivity index (χ4n) is 1.88. The van der Waals surface area contributed by atoms with Crippen LogP contribution < -0.4 is 22.9 Å². The summed E-state index contributed by atoms with van der Waals surface area (Å²) in [5.41, 5.74) is 21.4. The Bertz CT molecular complexity index is 615. The molecule has 1 aromatic rings. The number of imidazole rings is 1. The lowest BCUT2D eigenvalue weighted by Gasteiger charge is -2.09. The molecule has 0 fully saturated rings. The van der Waals surface area contributed by atoms with E-state index in [0.717, 1.165) is 12.8 Å². The first-order chi connectivity index (χ1) is 14.5. The maximum atomic E-state index is 10.3. The molecule has 1 rings (SSSR count). The molecule has 31 heavy (non-hydrogen) atoms. The van der Waals surface area contributed by atoms with Crippen LogP contribution in [0.3, 0.4) is 0 Å². The number of nitrogens with two attached hydrogens (primary N) is 4. The van der Waals surface area contributed by atoms with Crippen molar-refractivity contribution < 1.29 is 34.8 Å². The molecule has 0 bridgehead atoms. The van der Waals surface area contributed by atoms with Crippen LogP contribution in [0.15, 0.2) is 12.5 Å². The van der Waals surface area contributed by atoms with Gasteiger partial charge in [0, 0.05) is 19.2 Å². The van der Waals surface area contributed by atoms with E-state index in [1.165, 1.54) is 6.33 Å². The Kier molecular flexibility index (Phi) is 18.0. The van der Waals surface area contributed by atoms with Crippen LogP contribution in [-0.2, 0) is 20.8 Å². The van der Waals surface area contributed by atoms with Gasteiger partial charge in [0.15, 0.2) is 0 Å². The quantitative estimate of drug-likeness (QED) is 0.176. The lowest BCUT2D eigenvalue weighted by atomic mass is 10.1. The number of carboxylic acids is 3. The largest absolute Gasteiger partial charge is 0.480 e. The Morgan fingerprint density at radius 2 is 1.48 bits per heavy atom. The Morgan fingerprint density at radius 3 is 1.87 bits per heavy atom. The van der Waals surface area contributed by atoms with Crippen molar-refractivity contribution in [2.45, 2.75) is 69.7 Å². The molecule has 0 aromatic carbocycles. The molecule has 1 aromatic heterocycles. The zero-order valence-electron chi connectivity index (χ0n) is 17.7. The zero-order chi connectivity index (χ0) is 24.4. The molecule has 4 atom stereocenters. The maximum absolute atomic E-state index is 10.3. The van der Waals surface area contributed by atoms with Crippen LogP contribution in [-0.4, -0.2) is 79.1 Å². The van der Waals surface area contributed by atoms with Crippen molar-refractivity contribution in [3.05, 3.63) is 18.2 Å². The summed E-state index contributed by atoms with van der Waals surface area (Å²) in [4.78, 5) is 37.1. The van der Waals surface area contributed by atoms with E-state index in [1.54, 1.807) is 6.20 Å². The van der Waals surface area contributed by atoms with Gasteiger partial charge in [-0.3, -0.25) is 14.4 Å². The number of hydrogen-bond donors (Lipinski definition) is 9. The molecule has 0 aliphatic heterocycles. The van der Waals surface area contributed by atoms with Gasteiger partial charge < -0.3 is 48.3 Å². The van der Waals surface area contributed by atoms with E-state index >= 15 is 0 Å². The highest BCUT2D eigenvalue weighted by atomic mass is 16.4. The topological polar surface area (TPSA) is 265 Å². The van der Waals surface area contributed by atoms with Crippen molar-refractivity contribution in [2.24, 2.45) is 22.9 Å². The van der Waals surface area contributed by atoms with Crippen molar-refractivity contribution >= 4 is 17.9 Å². The summed E-state index contributed by atoms with van der Waals surface area (Å²) in [6.45, 7) is 2.15. The fourth-order valence-corrected chi connectivity index (χ4v) is 1.88. The highest BCUT2D eigenvalue weighted by molar-refractivity contribution is 5.73. The number of hydrogen-bond acceptors (Lipinski definition) is 9. The van der Waals surface area contributed by atoms with Gasteiger partial charge in [-0.2, -0.15) is 0 Å². The first-order valence-electron chi connectivity index (χ1n) is 9.77. The molecule has 0 saturated carbocycles. The standard InChI is InChI=1S/C6H9N3O2.C6H14N2O3.C6H13NO2/c7-5(6(10)11)1-4-2-8-3-9-4;7-3-4(9)1-2-5(8)6(10)11;1-2-3-4-5(7)6(8)9/h2-3,5H,1,7H2,(H,8,9)(H,10,11);4-5,9H,1-3,7-8H2,(H,10,11);5H,2-4,7H2,1H3,(H,8,9). The van der Waals surface area contributed by atoms with Gasteiger partial charge in [-0.1, -0.05) is 19.8 Å². The Labute approximate surface area is 180 Å². The number of carboxylic acid groups (broad SMARTS) is 3. The number of nitrogens with one attached hydrogen (secondary N) is 1. The SMILES string of the molecule is CCCCC(N)C(=O)O.NC(Cc1c[nH]cn1)C(=O)O.NCC(O)CCC(N)C(=O)O. The summed E-state index contributed by atoms with van der Waals surface area (Å²) in [7, 11) is 0. The second-order valence-corrected chi connectivity index (χ2v) is 6.71. The molecule has 13 N–H and O–H groups in total. The van der Waals surface area contributed by atoms with Gasteiger partial charge in [-0.15, -0.1) is 0 Å². The van der Waals surface area contributed by atoms with Crippen LogP contribution in [0.25, 0.3) is 0 Å². The van der Waals surface area contributed by atoms with Crippen molar-refractivity contribution in [1.29, 1.82) is 0 Å². The molecule has 13 heteroatoms. The van der Waals surface area contributed by atoms with Crippen molar-refractivity contribution in [3.8, 4) is 0 Å². The summed E-state index contributed by atoms with van der Waals surface area (Å²) >= 11 is 0. The average molecular weight is 449 g/mol. The van der Waals surface area contributed by atoms with E-state index in [0.29, 0.717) is 18.5 Å². The fraction of sp³-hybridized carbons (Fsp3) is 0.667. The van der Waals surface area contributed by atoms with Gasteiger partial charge >= 0.3 is 17.9 Å². The number of unbranched alkanes of at least 4 members (excludes halogenated alkanes) is 1. The predicted molar refractivity (Wildman–Crippen MR) is 113 cm³/mol. The van der Waals surface area contributed by atoms with Crippen molar-refractivity contribution in [1.82, 2.24) is 9.97 Å². The summed E-state index contributed by atoms with van der Waals surface area (Å²) in [5, 5.41) is 33.9. The minimum Gasteiger partial charge on any atom is -0.480 e. The average Bonchev–Trinajstić information content (AvgIpc) is 3.23. The third-order valence-electron chi connectivity index (χ3n) is 3.89. The Morgan fingerprint density at radius 1 is 0.968 bits per heavy atom. The number of aliphatic hydroxyl groups is 1. The number of rotatable bonds is 12. The van der Waals surface area contributed by atoms with Gasteiger partial charge in [-0.05, 0) is 19.3 Å². The van der Waals surface area contributed by atoms with Crippen LogP contribution in [0.5, 0.6) is 0 Å². The molecule has 0 spiro atoms. The Hall–Kier alpha value is -2.58. The van der Waals surface area contributed by atoms with Crippen LogP contribution in [0.4, 0.5) is 0 Å². The molecule has 13 nitrogen and oxygen atoms in total. The van der Waals surface area contributed by atoms with Crippen molar-refractivity contribution in [2.75, 3.05) is 6.54 Å². The van der Waals surface area contributed by atoms with Gasteiger partial charge in [0.2, 0.25) is 0 Å². The molecule has 0 radical (unpaired) electrons. The summed E-state index contributed by atoms with van der Waals surface area (Å²) < 4.78 is 0. The Balaban J connectivity index is 0. The lowest BCUT2D eigenvalue weighted by Crippen LogP contribution is -2.32. The first-order valence-corrected chi connectivity index (χ1v) is 9.77. The van der Waals surface area contributed by atoms with Crippen LogP contribution >= 0.6 is 0 Å². The highest BCUT2D eigenvalue weighted by Gasteiger charge is 2.13. The van der Waals surface area contributed by atoms with Crippen LogP contribution in [0.2, 0.25) is 0 Å². The molecule has 0 amide bonds. The summed E-state index contributed by atoms with van der Waals surface area (Å²) in [5.74, 6) is -2.95. The third kappa shape index (κ3) is 17.9. The van der Waals surface area contributed by atoms with E-state index in [9.17, 15) is 14.4 Å². The predicted octanol–water partition coefficient (Wildman–Crippen LogP) is -1.55. The van der Waals surface area contributed by atoms with Crippen molar-refractivity contribution in [3.63, 3.8) is 0 Å². The molecule has 0 saturated heterocycles. The number of aromatic amines is 1. The van der Waals surface area contributed by atoms with Gasteiger partial charge in [0.1, 0.15) is 18.1 Å². The normalized spacial score (nSPS) is 14.0. The number of H-pyrrole nitrogens is 1. The van der Waals surface area contributed by atoms with Gasteiger partial charge in [0.05, 0.1) is 18.1 Å². The van der Waals surface area contributed by atoms with Gasteiger partial charge in [0.25, 0.3) is 0 Å². The second kappa shape index (κ2) is 18.2. The van der Waals surface area contributed by atoms with E-state index in [4.69, 9.17) is 43.4 Å². The second-order valence-electron chi connectivity index (χ2n) is 6.71. The van der Waals surface area contributed by atoms with E-state index in [2.05, 4.69) is 9.97 Å². The molecule has 4 unspecified atom stereocenters. The first kappa shape index (κ1) is 30.6. The highest BCUT2D eigenvalue weighted by Crippen LogP contribution is 1.99. The number of nitrogens with zero attached hydrogens (tertiary/aromatic N) is 1. The van der Waals surface area contributed by atoms with Gasteiger partial charge in [-0.25, -0.2) is 4.98 Å².